The lowest BCUT2D eigenvalue weighted by Gasteiger charge is -2.19. The lowest BCUT2D eigenvalue weighted by molar-refractivity contribution is 0.0768. The number of thioether (sulfide) groups is 1. The molecular formula is C14H15N3O2S2. The maximum Gasteiger partial charge on any atom is 0.284 e. The van der Waals surface area contributed by atoms with Crippen molar-refractivity contribution in [3.8, 4) is 11.5 Å². The Bertz CT molecular complexity index is 670. The van der Waals surface area contributed by atoms with E-state index >= 15 is 0 Å². The molecule has 110 valence electrons. The minimum atomic E-state index is 0.0898. The number of aromatic amines is 1. The van der Waals surface area contributed by atoms with Gasteiger partial charge >= 0.3 is 0 Å². The molecule has 1 aromatic carbocycles. The van der Waals surface area contributed by atoms with Gasteiger partial charge in [0, 0.05) is 30.0 Å². The van der Waals surface area contributed by atoms with Gasteiger partial charge in [-0.25, -0.2) is 5.10 Å². The molecule has 7 heteroatoms. The van der Waals surface area contributed by atoms with E-state index in [1.807, 2.05) is 40.9 Å². The van der Waals surface area contributed by atoms with Gasteiger partial charge in [0.05, 0.1) is 0 Å². The van der Waals surface area contributed by atoms with E-state index in [9.17, 15) is 4.79 Å². The Hall–Kier alpha value is -1.60. The first-order chi connectivity index (χ1) is 10.2. The highest BCUT2D eigenvalue weighted by Crippen LogP contribution is 2.19. The molecule has 1 fully saturated rings. The van der Waals surface area contributed by atoms with Gasteiger partial charge in [-0.15, -0.1) is 5.10 Å². The Balaban J connectivity index is 1.77. The molecular weight excluding hydrogens is 306 g/mol. The van der Waals surface area contributed by atoms with Gasteiger partial charge < -0.3 is 9.32 Å². The first-order valence-electron chi connectivity index (χ1n) is 6.77. The fraction of sp³-hybridized carbons (Fsp3) is 0.357. The summed E-state index contributed by atoms with van der Waals surface area (Å²) in [6.45, 7) is 1.65. The molecule has 1 saturated heterocycles. The largest absolute Gasteiger partial charge is 0.409 e. The zero-order chi connectivity index (χ0) is 14.7. The van der Waals surface area contributed by atoms with Crippen molar-refractivity contribution in [2.45, 2.75) is 6.42 Å². The van der Waals surface area contributed by atoms with E-state index < -0.39 is 0 Å². The summed E-state index contributed by atoms with van der Waals surface area (Å²) in [6.07, 6.45) is 1.06. The minimum Gasteiger partial charge on any atom is -0.409 e. The second kappa shape index (κ2) is 6.44. The number of rotatable bonds is 2. The monoisotopic (exact) mass is 321 g/mol. The number of hydrogen-bond acceptors (Lipinski definition) is 5. The summed E-state index contributed by atoms with van der Waals surface area (Å²) in [6, 6.07) is 7.27. The van der Waals surface area contributed by atoms with Crippen LogP contribution in [0.1, 0.15) is 16.8 Å². The number of amides is 1. The number of hydrogen-bond donors (Lipinski definition) is 1. The van der Waals surface area contributed by atoms with Crippen molar-refractivity contribution in [1.82, 2.24) is 15.1 Å². The maximum atomic E-state index is 12.5. The van der Waals surface area contributed by atoms with Gasteiger partial charge in [-0.1, -0.05) is 0 Å². The third kappa shape index (κ3) is 3.36. The standard InChI is InChI=1S/C14H15N3O2S2/c18-13(17-6-1-8-21-9-7-17)11-4-2-10(3-5-11)12-15-16-14(20)19-12/h2-5H,1,6-9H2,(H,16,20). The average molecular weight is 321 g/mol. The number of carbonyl (C=O) groups excluding carboxylic acids is 1. The summed E-state index contributed by atoms with van der Waals surface area (Å²) in [5, 5.41) is 6.55. The summed E-state index contributed by atoms with van der Waals surface area (Å²) < 4.78 is 5.25. The first kappa shape index (κ1) is 14.3. The Morgan fingerprint density at radius 2 is 2.10 bits per heavy atom. The van der Waals surface area contributed by atoms with E-state index in [4.69, 9.17) is 16.6 Å². The van der Waals surface area contributed by atoms with Crippen LogP contribution >= 0.6 is 24.0 Å². The molecule has 1 aromatic heterocycles. The predicted molar refractivity (Wildman–Crippen MR) is 85.0 cm³/mol. The van der Waals surface area contributed by atoms with Crippen molar-refractivity contribution in [2.75, 3.05) is 24.6 Å². The van der Waals surface area contributed by atoms with E-state index in [2.05, 4.69) is 10.2 Å². The van der Waals surface area contributed by atoms with Crippen LogP contribution in [0, 0.1) is 4.84 Å². The average Bonchev–Trinajstić information content (AvgIpc) is 2.77. The second-order valence-corrected chi connectivity index (χ2v) is 6.35. The molecule has 0 aliphatic carbocycles. The van der Waals surface area contributed by atoms with Gasteiger partial charge in [-0.2, -0.15) is 11.8 Å². The smallest absolute Gasteiger partial charge is 0.284 e. The summed E-state index contributed by atoms with van der Waals surface area (Å²) in [7, 11) is 0. The van der Waals surface area contributed by atoms with Crippen LogP contribution in [-0.2, 0) is 0 Å². The third-order valence-electron chi connectivity index (χ3n) is 3.33. The van der Waals surface area contributed by atoms with Crippen molar-refractivity contribution in [1.29, 1.82) is 0 Å². The van der Waals surface area contributed by atoms with Gasteiger partial charge in [0.25, 0.3) is 10.7 Å². The number of benzene rings is 1. The SMILES string of the molecule is O=C(c1ccc(-c2n[nH]c(=S)o2)cc1)N1CCCSCC1. The zero-order valence-electron chi connectivity index (χ0n) is 11.4. The van der Waals surface area contributed by atoms with Crippen LogP contribution in [0.4, 0.5) is 0 Å². The number of H-pyrrole nitrogens is 1. The molecule has 0 spiro atoms. The number of carbonyl (C=O) groups is 1. The lowest BCUT2D eigenvalue weighted by Crippen LogP contribution is -2.32. The maximum absolute atomic E-state index is 12.5. The zero-order valence-corrected chi connectivity index (χ0v) is 13.0. The normalized spacial score (nSPS) is 15.7. The van der Waals surface area contributed by atoms with Crippen LogP contribution in [0.5, 0.6) is 0 Å². The third-order valence-corrected chi connectivity index (χ3v) is 4.55. The fourth-order valence-electron chi connectivity index (χ4n) is 2.24. The molecule has 1 aliphatic rings. The van der Waals surface area contributed by atoms with Crippen LogP contribution in [0.15, 0.2) is 28.7 Å². The molecule has 0 atom stereocenters. The molecule has 0 bridgehead atoms. The van der Waals surface area contributed by atoms with Gasteiger partial charge in [0.2, 0.25) is 5.89 Å². The molecule has 1 aliphatic heterocycles. The predicted octanol–water partition coefficient (Wildman–Crippen LogP) is 2.98. The molecule has 3 rings (SSSR count). The summed E-state index contributed by atoms with van der Waals surface area (Å²) >= 11 is 6.76. The van der Waals surface area contributed by atoms with Crippen LogP contribution in [-0.4, -0.2) is 45.6 Å². The summed E-state index contributed by atoms with van der Waals surface area (Å²) in [5.41, 5.74) is 1.49. The van der Waals surface area contributed by atoms with Crippen molar-refractivity contribution in [3.05, 3.63) is 34.7 Å². The molecule has 21 heavy (non-hydrogen) atoms. The Kier molecular flexibility index (Phi) is 4.40. The van der Waals surface area contributed by atoms with Crippen molar-refractivity contribution < 1.29 is 9.21 Å². The van der Waals surface area contributed by atoms with E-state index in [1.54, 1.807) is 0 Å². The highest BCUT2D eigenvalue weighted by molar-refractivity contribution is 7.99. The van der Waals surface area contributed by atoms with Crippen LogP contribution in [0.2, 0.25) is 0 Å². The van der Waals surface area contributed by atoms with Crippen molar-refractivity contribution in [2.24, 2.45) is 0 Å². The van der Waals surface area contributed by atoms with Crippen LogP contribution in [0.25, 0.3) is 11.5 Å². The molecule has 1 N–H and O–H groups in total. The van der Waals surface area contributed by atoms with Gasteiger partial charge in [0.1, 0.15) is 0 Å². The number of nitrogens with one attached hydrogen (secondary N) is 1. The molecule has 2 heterocycles. The molecule has 0 unspecified atom stereocenters. The molecule has 5 nitrogen and oxygen atoms in total. The minimum absolute atomic E-state index is 0.0898. The van der Waals surface area contributed by atoms with Crippen LogP contribution < -0.4 is 0 Å². The topological polar surface area (TPSA) is 62.1 Å². The summed E-state index contributed by atoms with van der Waals surface area (Å²) in [4.78, 5) is 14.6. The highest BCUT2D eigenvalue weighted by atomic mass is 32.2. The molecule has 0 saturated carbocycles. The molecule has 1 amide bonds. The molecule has 2 aromatic rings. The second-order valence-electron chi connectivity index (χ2n) is 4.75. The van der Waals surface area contributed by atoms with E-state index in [0.717, 1.165) is 36.6 Å². The Labute approximate surface area is 131 Å². The number of aromatic nitrogens is 2. The Morgan fingerprint density at radius 3 is 2.81 bits per heavy atom. The first-order valence-corrected chi connectivity index (χ1v) is 8.33. The van der Waals surface area contributed by atoms with E-state index in [1.165, 1.54) is 0 Å². The van der Waals surface area contributed by atoms with Crippen molar-refractivity contribution in [3.63, 3.8) is 0 Å². The lowest BCUT2D eigenvalue weighted by atomic mass is 10.1. The van der Waals surface area contributed by atoms with E-state index in [-0.39, 0.29) is 10.7 Å². The van der Waals surface area contributed by atoms with Gasteiger partial charge in [0.15, 0.2) is 0 Å². The van der Waals surface area contributed by atoms with E-state index in [0.29, 0.717) is 11.5 Å². The summed E-state index contributed by atoms with van der Waals surface area (Å²) in [5.74, 6) is 2.67. The van der Waals surface area contributed by atoms with Crippen molar-refractivity contribution >= 4 is 29.9 Å². The molecule has 0 radical (unpaired) electrons. The fourth-order valence-corrected chi connectivity index (χ4v) is 3.25. The van der Waals surface area contributed by atoms with Crippen LogP contribution in [0.3, 0.4) is 0 Å². The Morgan fingerprint density at radius 1 is 1.29 bits per heavy atom. The quantitative estimate of drug-likeness (QED) is 0.862. The number of nitrogens with zero attached hydrogens (tertiary/aromatic N) is 2. The van der Waals surface area contributed by atoms with Gasteiger partial charge in [-0.3, -0.25) is 4.79 Å². The highest BCUT2D eigenvalue weighted by Gasteiger charge is 2.17. The van der Waals surface area contributed by atoms with Gasteiger partial charge in [-0.05, 0) is 48.7 Å².